The first-order valence-electron chi connectivity index (χ1n) is 10.2. The van der Waals surface area contributed by atoms with Crippen molar-refractivity contribution in [2.45, 2.75) is 19.1 Å². The number of nitrogens with zero attached hydrogens (tertiary/aromatic N) is 1. The predicted octanol–water partition coefficient (Wildman–Crippen LogP) is 6.47. The first-order chi connectivity index (χ1) is 15.7. The number of hydrogen-bond acceptors (Lipinski definition) is 1. The molecule has 1 aromatic heterocycles. The second-order valence-electron chi connectivity index (χ2n) is 7.64. The van der Waals surface area contributed by atoms with Crippen LogP contribution >= 0.6 is 11.6 Å². The van der Waals surface area contributed by atoms with Crippen LogP contribution in [0.4, 0.5) is 17.6 Å². The van der Waals surface area contributed by atoms with E-state index in [1.165, 1.54) is 24.3 Å². The van der Waals surface area contributed by atoms with Crippen molar-refractivity contribution in [1.82, 2.24) is 9.88 Å². The van der Waals surface area contributed by atoms with Crippen molar-refractivity contribution in [2.75, 3.05) is 6.54 Å². The maximum Gasteiger partial charge on any atom is 0.416 e. The number of para-hydroxylation sites is 1. The lowest BCUT2D eigenvalue weighted by atomic mass is 10.1. The van der Waals surface area contributed by atoms with E-state index in [-0.39, 0.29) is 10.9 Å². The monoisotopic (exact) mass is 474 g/mol. The number of aromatic nitrogens is 1. The highest BCUT2D eigenvalue weighted by atomic mass is 35.5. The second-order valence-corrected chi connectivity index (χ2v) is 8.04. The zero-order valence-corrected chi connectivity index (χ0v) is 18.1. The van der Waals surface area contributed by atoms with Gasteiger partial charge in [0.05, 0.1) is 16.1 Å². The fourth-order valence-electron chi connectivity index (χ4n) is 3.67. The molecular weight excluding hydrogens is 456 g/mol. The average Bonchev–Trinajstić information content (AvgIpc) is 3.14. The van der Waals surface area contributed by atoms with Crippen LogP contribution in [0, 0.1) is 5.82 Å². The number of amides is 1. The van der Waals surface area contributed by atoms with Crippen LogP contribution in [0.5, 0.6) is 0 Å². The number of carbonyl (C=O) groups excluding carboxylic acids is 1. The maximum atomic E-state index is 13.6. The highest BCUT2D eigenvalue weighted by Gasteiger charge is 2.30. The smallest absolute Gasteiger partial charge is 0.352 e. The lowest BCUT2D eigenvalue weighted by molar-refractivity contribution is -0.137. The minimum Gasteiger partial charge on any atom is -0.352 e. The summed E-state index contributed by atoms with van der Waals surface area (Å²) in [5.74, 6) is -0.793. The standard InChI is InChI=1S/C25H19ClF4N2O/c26-21-10-7-16(13-22(21)27)11-12-31-24(33)20-15-32(23-4-2-1-3-19(20)23)14-17-5-8-18(9-6-17)25(28,29)30/h1-10,13,15H,11-12,14H2,(H,31,33). The molecule has 170 valence electrons. The van der Waals surface area contributed by atoms with Crippen LogP contribution in [0.1, 0.15) is 27.0 Å². The molecule has 0 bridgehead atoms. The van der Waals surface area contributed by atoms with Gasteiger partial charge in [-0.2, -0.15) is 13.2 Å². The summed E-state index contributed by atoms with van der Waals surface area (Å²) in [6, 6.07) is 16.8. The van der Waals surface area contributed by atoms with E-state index in [0.717, 1.165) is 23.0 Å². The molecular formula is C25H19ClF4N2O. The highest BCUT2D eigenvalue weighted by Crippen LogP contribution is 2.29. The summed E-state index contributed by atoms with van der Waals surface area (Å²) in [5, 5.41) is 3.62. The molecule has 0 atom stereocenters. The van der Waals surface area contributed by atoms with E-state index in [4.69, 9.17) is 11.6 Å². The van der Waals surface area contributed by atoms with Crippen molar-refractivity contribution in [1.29, 1.82) is 0 Å². The van der Waals surface area contributed by atoms with Gasteiger partial charge in [0, 0.05) is 30.2 Å². The lowest BCUT2D eigenvalue weighted by Crippen LogP contribution is -2.25. The van der Waals surface area contributed by atoms with E-state index in [1.54, 1.807) is 12.3 Å². The van der Waals surface area contributed by atoms with Crippen molar-refractivity contribution in [3.63, 3.8) is 0 Å². The Balaban J connectivity index is 1.50. The van der Waals surface area contributed by atoms with Gasteiger partial charge in [0.15, 0.2) is 0 Å². The van der Waals surface area contributed by atoms with E-state index < -0.39 is 17.6 Å². The summed E-state index contributed by atoms with van der Waals surface area (Å²) in [6.07, 6.45) is -2.26. The molecule has 8 heteroatoms. The summed E-state index contributed by atoms with van der Waals surface area (Å²) in [6.45, 7) is 0.619. The highest BCUT2D eigenvalue weighted by molar-refractivity contribution is 6.30. The molecule has 0 unspecified atom stereocenters. The quantitative estimate of drug-likeness (QED) is 0.319. The minimum absolute atomic E-state index is 0.0450. The SMILES string of the molecule is O=C(NCCc1ccc(Cl)c(F)c1)c1cn(Cc2ccc(C(F)(F)F)cc2)c2ccccc12. The molecule has 0 saturated heterocycles. The molecule has 0 aliphatic rings. The molecule has 3 nitrogen and oxygen atoms in total. The Morgan fingerprint density at radius 3 is 2.36 bits per heavy atom. The first kappa shape index (κ1) is 22.9. The molecule has 33 heavy (non-hydrogen) atoms. The molecule has 0 fully saturated rings. The van der Waals surface area contributed by atoms with Crippen LogP contribution in [0.25, 0.3) is 10.9 Å². The topological polar surface area (TPSA) is 34.0 Å². The summed E-state index contributed by atoms with van der Waals surface area (Å²) in [7, 11) is 0. The molecule has 1 N–H and O–H groups in total. The molecule has 4 rings (SSSR count). The van der Waals surface area contributed by atoms with Gasteiger partial charge < -0.3 is 9.88 Å². The van der Waals surface area contributed by atoms with Crippen LogP contribution in [0.15, 0.2) is 72.9 Å². The number of hydrogen-bond donors (Lipinski definition) is 1. The van der Waals surface area contributed by atoms with Gasteiger partial charge in [0.25, 0.3) is 5.91 Å². The molecule has 3 aromatic carbocycles. The Bertz CT molecular complexity index is 1300. The van der Waals surface area contributed by atoms with Gasteiger partial charge in [0.1, 0.15) is 5.82 Å². The zero-order chi connectivity index (χ0) is 23.6. The van der Waals surface area contributed by atoms with E-state index in [2.05, 4.69) is 5.32 Å². The van der Waals surface area contributed by atoms with Crippen molar-refractivity contribution in [3.05, 3.63) is 106 Å². The third kappa shape index (κ3) is 5.20. The largest absolute Gasteiger partial charge is 0.416 e. The number of halogens is 5. The van der Waals surface area contributed by atoms with Gasteiger partial charge in [0.2, 0.25) is 0 Å². The molecule has 0 radical (unpaired) electrons. The van der Waals surface area contributed by atoms with E-state index in [9.17, 15) is 22.4 Å². The molecule has 0 spiro atoms. The fourth-order valence-corrected chi connectivity index (χ4v) is 3.78. The molecule has 4 aromatic rings. The van der Waals surface area contributed by atoms with Crippen LogP contribution in [0.2, 0.25) is 5.02 Å². The maximum absolute atomic E-state index is 13.6. The van der Waals surface area contributed by atoms with E-state index in [0.29, 0.717) is 36.2 Å². The summed E-state index contributed by atoms with van der Waals surface area (Å²) >= 11 is 5.69. The van der Waals surface area contributed by atoms with Crippen molar-refractivity contribution < 1.29 is 22.4 Å². The minimum atomic E-state index is -4.39. The zero-order valence-electron chi connectivity index (χ0n) is 17.3. The van der Waals surface area contributed by atoms with Gasteiger partial charge in [-0.05, 0) is 47.9 Å². The fraction of sp³-hybridized carbons (Fsp3) is 0.160. The first-order valence-corrected chi connectivity index (χ1v) is 10.6. The van der Waals surface area contributed by atoms with E-state index >= 15 is 0 Å². The molecule has 0 aliphatic carbocycles. The van der Waals surface area contributed by atoms with Crippen molar-refractivity contribution in [2.24, 2.45) is 0 Å². The van der Waals surface area contributed by atoms with Crippen molar-refractivity contribution >= 4 is 28.4 Å². The van der Waals surface area contributed by atoms with E-state index in [1.807, 2.05) is 28.8 Å². The Labute approximate surface area is 192 Å². The van der Waals surface area contributed by atoms with Gasteiger partial charge in [-0.1, -0.05) is 48.0 Å². The van der Waals surface area contributed by atoms with Gasteiger partial charge >= 0.3 is 6.18 Å². The lowest BCUT2D eigenvalue weighted by Gasteiger charge is -2.09. The molecule has 0 saturated carbocycles. The number of rotatable bonds is 6. The number of fused-ring (bicyclic) bond motifs is 1. The summed E-state index contributed by atoms with van der Waals surface area (Å²) < 4.78 is 53.9. The number of benzene rings is 3. The van der Waals surface area contributed by atoms with Crippen LogP contribution < -0.4 is 5.32 Å². The van der Waals surface area contributed by atoms with Gasteiger partial charge in [-0.3, -0.25) is 4.79 Å². The Hall–Kier alpha value is -3.32. The normalized spacial score (nSPS) is 11.7. The van der Waals surface area contributed by atoms with Gasteiger partial charge in [-0.25, -0.2) is 4.39 Å². The predicted molar refractivity (Wildman–Crippen MR) is 120 cm³/mol. The molecule has 0 aliphatic heterocycles. The third-order valence-corrected chi connectivity index (χ3v) is 5.66. The Morgan fingerprint density at radius 2 is 1.67 bits per heavy atom. The molecule has 1 amide bonds. The third-order valence-electron chi connectivity index (χ3n) is 5.35. The Kier molecular flexibility index (Phi) is 6.42. The van der Waals surface area contributed by atoms with Crippen LogP contribution in [-0.4, -0.2) is 17.0 Å². The summed E-state index contributed by atoms with van der Waals surface area (Å²) in [5.41, 5.74) is 1.94. The number of carbonyl (C=O) groups is 1. The molecule has 1 heterocycles. The summed E-state index contributed by atoms with van der Waals surface area (Å²) in [4.78, 5) is 12.8. The number of nitrogens with one attached hydrogen (secondary N) is 1. The Morgan fingerprint density at radius 1 is 0.970 bits per heavy atom. The van der Waals surface area contributed by atoms with Crippen LogP contribution in [0.3, 0.4) is 0 Å². The number of alkyl halides is 3. The van der Waals surface area contributed by atoms with Crippen molar-refractivity contribution in [3.8, 4) is 0 Å². The second kappa shape index (κ2) is 9.27. The van der Waals surface area contributed by atoms with Gasteiger partial charge in [-0.15, -0.1) is 0 Å². The average molecular weight is 475 g/mol. The van der Waals surface area contributed by atoms with Crippen LogP contribution in [-0.2, 0) is 19.1 Å².